The van der Waals surface area contributed by atoms with E-state index in [2.05, 4.69) is 22.1 Å². The van der Waals surface area contributed by atoms with E-state index in [0.29, 0.717) is 23.5 Å². The van der Waals surface area contributed by atoms with Gasteiger partial charge < -0.3 is 20.5 Å². The number of rotatable bonds is 7. The average molecular weight is 338 g/mol. The molecule has 1 aliphatic heterocycles. The third-order valence-electron chi connectivity index (χ3n) is 6.03. The van der Waals surface area contributed by atoms with E-state index >= 15 is 0 Å². The van der Waals surface area contributed by atoms with Gasteiger partial charge in [0.25, 0.3) is 0 Å². The Bertz CT molecular complexity index is 417. The first-order valence-corrected chi connectivity index (χ1v) is 9.73. The summed E-state index contributed by atoms with van der Waals surface area (Å²) in [6.07, 6.45) is 7.70. The molecule has 6 nitrogen and oxygen atoms in total. The maximum atomic E-state index is 6.14. The van der Waals surface area contributed by atoms with Gasteiger partial charge in [-0.3, -0.25) is 9.89 Å². The van der Waals surface area contributed by atoms with Crippen molar-refractivity contribution in [3.63, 3.8) is 0 Å². The zero-order valence-corrected chi connectivity index (χ0v) is 15.1. The molecule has 2 aliphatic carbocycles. The SMILES string of the molecule is CCOC1CC(NC(N)=NCCCN2CCOCC2)C12CCCC2. The predicted molar refractivity (Wildman–Crippen MR) is 96.2 cm³/mol. The molecule has 1 saturated heterocycles. The van der Waals surface area contributed by atoms with Crippen molar-refractivity contribution < 1.29 is 9.47 Å². The number of nitrogens with two attached hydrogens (primary N) is 1. The van der Waals surface area contributed by atoms with Gasteiger partial charge in [0.15, 0.2) is 5.96 Å². The van der Waals surface area contributed by atoms with Gasteiger partial charge in [-0.15, -0.1) is 0 Å². The average Bonchev–Trinajstić information content (AvgIpc) is 3.12. The highest BCUT2D eigenvalue weighted by molar-refractivity contribution is 5.78. The molecule has 3 rings (SSSR count). The molecule has 2 unspecified atom stereocenters. The van der Waals surface area contributed by atoms with E-state index in [0.717, 1.165) is 58.8 Å². The van der Waals surface area contributed by atoms with Gasteiger partial charge in [0.05, 0.1) is 19.3 Å². The summed E-state index contributed by atoms with van der Waals surface area (Å²) in [6, 6.07) is 0.444. The van der Waals surface area contributed by atoms with Crippen LogP contribution in [0.2, 0.25) is 0 Å². The van der Waals surface area contributed by atoms with Crippen molar-refractivity contribution in [3.05, 3.63) is 0 Å². The lowest BCUT2D eigenvalue weighted by atomic mass is 9.60. The normalized spacial score (nSPS) is 30.5. The minimum atomic E-state index is 0.309. The fraction of sp³-hybridized carbons (Fsp3) is 0.944. The summed E-state index contributed by atoms with van der Waals surface area (Å²) in [7, 11) is 0. The Morgan fingerprint density at radius 2 is 2.08 bits per heavy atom. The standard InChI is InChI=1S/C18H34N4O2/c1-2-24-16-14-15(18(16)6-3-4-7-18)21-17(19)20-8-5-9-22-10-12-23-13-11-22/h15-16H,2-14H2,1H3,(H3,19,20,21). The van der Waals surface area contributed by atoms with E-state index in [1.54, 1.807) is 0 Å². The molecular weight excluding hydrogens is 304 g/mol. The smallest absolute Gasteiger partial charge is 0.188 e. The number of hydrogen-bond acceptors (Lipinski definition) is 4. The summed E-state index contributed by atoms with van der Waals surface area (Å²) in [5, 5.41) is 3.49. The number of nitrogens with zero attached hydrogens (tertiary/aromatic N) is 2. The van der Waals surface area contributed by atoms with E-state index < -0.39 is 0 Å². The number of aliphatic imine (C=N–C) groups is 1. The van der Waals surface area contributed by atoms with Gasteiger partial charge in [-0.1, -0.05) is 12.8 Å². The van der Waals surface area contributed by atoms with Crippen LogP contribution in [0.4, 0.5) is 0 Å². The zero-order chi connectivity index (χ0) is 16.8. The number of morpholine rings is 1. The molecule has 24 heavy (non-hydrogen) atoms. The van der Waals surface area contributed by atoms with E-state index in [9.17, 15) is 0 Å². The first-order valence-electron chi connectivity index (χ1n) is 9.73. The van der Waals surface area contributed by atoms with Gasteiger partial charge in [-0.05, 0) is 32.6 Å². The Morgan fingerprint density at radius 3 is 2.79 bits per heavy atom. The van der Waals surface area contributed by atoms with Crippen molar-refractivity contribution in [2.75, 3.05) is 46.0 Å². The molecule has 0 aromatic heterocycles. The molecule has 138 valence electrons. The van der Waals surface area contributed by atoms with Crippen molar-refractivity contribution in [1.29, 1.82) is 0 Å². The fourth-order valence-corrected chi connectivity index (χ4v) is 4.63. The molecule has 0 aromatic rings. The van der Waals surface area contributed by atoms with Crippen molar-refractivity contribution in [3.8, 4) is 0 Å². The van der Waals surface area contributed by atoms with E-state index in [1.165, 1.54) is 25.7 Å². The van der Waals surface area contributed by atoms with Gasteiger partial charge in [0.2, 0.25) is 0 Å². The zero-order valence-electron chi connectivity index (χ0n) is 15.1. The Kier molecular flexibility index (Phi) is 6.36. The minimum Gasteiger partial charge on any atom is -0.379 e. The molecule has 0 bridgehead atoms. The molecule has 3 N–H and O–H groups in total. The van der Waals surface area contributed by atoms with Crippen LogP contribution < -0.4 is 11.1 Å². The molecule has 3 fully saturated rings. The maximum absolute atomic E-state index is 6.14. The topological polar surface area (TPSA) is 72.1 Å². The Labute approximate surface area is 146 Å². The van der Waals surface area contributed by atoms with E-state index in [-0.39, 0.29) is 0 Å². The van der Waals surface area contributed by atoms with E-state index in [4.69, 9.17) is 15.2 Å². The number of ether oxygens (including phenoxy) is 2. The summed E-state index contributed by atoms with van der Waals surface area (Å²) in [5.74, 6) is 0.614. The summed E-state index contributed by atoms with van der Waals surface area (Å²) in [5.41, 5.74) is 6.45. The Morgan fingerprint density at radius 1 is 1.33 bits per heavy atom. The lowest BCUT2D eigenvalue weighted by Crippen LogP contribution is -2.64. The summed E-state index contributed by atoms with van der Waals surface area (Å²) in [6.45, 7) is 8.58. The summed E-state index contributed by atoms with van der Waals surface area (Å²) in [4.78, 5) is 6.98. The number of hydrogen-bond donors (Lipinski definition) is 2. The predicted octanol–water partition coefficient (Wildman–Crippen LogP) is 1.35. The summed E-state index contributed by atoms with van der Waals surface area (Å²) >= 11 is 0. The van der Waals surface area contributed by atoms with Crippen molar-refractivity contribution in [1.82, 2.24) is 10.2 Å². The molecule has 2 atom stereocenters. The van der Waals surface area contributed by atoms with Crippen LogP contribution in [0.3, 0.4) is 0 Å². The van der Waals surface area contributed by atoms with Crippen LogP contribution in [0.1, 0.15) is 45.4 Å². The largest absolute Gasteiger partial charge is 0.379 e. The van der Waals surface area contributed by atoms with Crippen molar-refractivity contribution in [2.24, 2.45) is 16.1 Å². The van der Waals surface area contributed by atoms with Gasteiger partial charge in [-0.2, -0.15) is 0 Å². The molecule has 3 aliphatic rings. The number of nitrogens with one attached hydrogen (secondary N) is 1. The monoisotopic (exact) mass is 338 g/mol. The first kappa shape index (κ1) is 18.0. The van der Waals surface area contributed by atoms with E-state index in [1.807, 2.05) is 0 Å². The molecule has 1 spiro atoms. The molecule has 0 amide bonds. The highest BCUT2D eigenvalue weighted by atomic mass is 16.5. The lowest BCUT2D eigenvalue weighted by molar-refractivity contribution is -0.125. The molecule has 6 heteroatoms. The lowest BCUT2D eigenvalue weighted by Gasteiger charge is -2.54. The number of guanidine groups is 1. The van der Waals surface area contributed by atoms with Crippen LogP contribution in [0.15, 0.2) is 4.99 Å². The Hall–Kier alpha value is -0.850. The third-order valence-corrected chi connectivity index (χ3v) is 6.03. The van der Waals surface area contributed by atoms with Crippen LogP contribution in [0, 0.1) is 5.41 Å². The third kappa shape index (κ3) is 4.03. The molecule has 2 saturated carbocycles. The molecular formula is C18H34N4O2. The van der Waals surface area contributed by atoms with Crippen LogP contribution in [0.25, 0.3) is 0 Å². The van der Waals surface area contributed by atoms with Crippen LogP contribution in [-0.2, 0) is 9.47 Å². The second kappa shape index (κ2) is 8.50. The van der Waals surface area contributed by atoms with Crippen LogP contribution in [-0.4, -0.2) is 69.0 Å². The highest BCUT2D eigenvalue weighted by Crippen LogP contribution is 2.54. The molecule has 0 radical (unpaired) electrons. The van der Waals surface area contributed by atoms with Gasteiger partial charge in [-0.25, -0.2) is 0 Å². The molecule has 0 aromatic carbocycles. The van der Waals surface area contributed by atoms with Crippen molar-refractivity contribution in [2.45, 2.75) is 57.6 Å². The van der Waals surface area contributed by atoms with Gasteiger partial charge in [0.1, 0.15) is 0 Å². The van der Waals surface area contributed by atoms with Crippen molar-refractivity contribution >= 4 is 5.96 Å². The second-order valence-corrected chi connectivity index (χ2v) is 7.39. The minimum absolute atomic E-state index is 0.309. The Balaban J connectivity index is 1.40. The van der Waals surface area contributed by atoms with Crippen LogP contribution >= 0.6 is 0 Å². The van der Waals surface area contributed by atoms with Crippen LogP contribution in [0.5, 0.6) is 0 Å². The fourth-order valence-electron chi connectivity index (χ4n) is 4.63. The first-order chi connectivity index (χ1) is 11.7. The second-order valence-electron chi connectivity index (χ2n) is 7.39. The maximum Gasteiger partial charge on any atom is 0.188 e. The quantitative estimate of drug-likeness (QED) is 0.416. The highest BCUT2D eigenvalue weighted by Gasteiger charge is 2.56. The molecule has 1 heterocycles. The summed E-state index contributed by atoms with van der Waals surface area (Å²) < 4.78 is 11.3. The van der Waals surface area contributed by atoms with Gasteiger partial charge >= 0.3 is 0 Å². The van der Waals surface area contributed by atoms with Gasteiger partial charge in [0, 0.05) is 44.2 Å².